The number of amides is 2. The molecular formula is C34H36FN3O4S. The number of para-hydroxylation sites is 1. The monoisotopic (exact) mass is 601 g/mol. The normalized spacial score (nSPS) is 12.0. The van der Waals surface area contributed by atoms with Crippen molar-refractivity contribution in [3.8, 4) is 0 Å². The van der Waals surface area contributed by atoms with E-state index in [0.29, 0.717) is 0 Å². The van der Waals surface area contributed by atoms with Gasteiger partial charge < -0.3 is 10.2 Å². The summed E-state index contributed by atoms with van der Waals surface area (Å²) in [4.78, 5) is 29.3. The van der Waals surface area contributed by atoms with Gasteiger partial charge >= 0.3 is 0 Å². The average Bonchev–Trinajstić information content (AvgIpc) is 2.98. The highest BCUT2D eigenvalue weighted by atomic mass is 32.2. The van der Waals surface area contributed by atoms with Crippen LogP contribution in [0.5, 0.6) is 0 Å². The third-order valence-corrected chi connectivity index (χ3v) is 8.65. The third-order valence-electron chi connectivity index (χ3n) is 6.86. The van der Waals surface area contributed by atoms with Gasteiger partial charge in [0.2, 0.25) is 11.8 Å². The molecule has 1 N–H and O–H groups in total. The molecule has 1 atom stereocenters. The number of sulfonamides is 1. The second-order valence-electron chi connectivity index (χ2n) is 10.7. The van der Waals surface area contributed by atoms with Gasteiger partial charge in [0.15, 0.2) is 0 Å². The molecule has 0 bridgehead atoms. The molecular weight excluding hydrogens is 565 g/mol. The zero-order valence-corrected chi connectivity index (χ0v) is 25.3. The van der Waals surface area contributed by atoms with E-state index in [2.05, 4.69) is 5.32 Å². The summed E-state index contributed by atoms with van der Waals surface area (Å²) in [5, 5.41) is 2.94. The highest BCUT2D eigenvalue weighted by Gasteiger charge is 2.34. The standard InChI is InChI=1S/C34H36FN3O4S/c1-25(2)36-34(40)32(22-27-12-6-4-7-13-27)37(23-28-14-10-11-26(3)21-28)33(39)24-38(30-15-8-5-9-16-30)43(41,42)31-19-17-29(35)18-20-31/h4-21,25,32H,22-24H2,1-3H3,(H,36,40)/t32-/m1/s1. The molecule has 43 heavy (non-hydrogen) atoms. The summed E-state index contributed by atoms with van der Waals surface area (Å²) in [5.41, 5.74) is 2.91. The number of hydrogen-bond donors (Lipinski definition) is 1. The molecule has 0 aromatic heterocycles. The number of hydrogen-bond acceptors (Lipinski definition) is 4. The Labute approximate surface area is 253 Å². The molecule has 9 heteroatoms. The maximum absolute atomic E-state index is 14.4. The average molecular weight is 602 g/mol. The van der Waals surface area contributed by atoms with Crippen molar-refractivity contribution in [3.05, 3.63) is 132 Å². The van der Waals surface area contributed by atoms with Crippen molar-refractivity contribution < 1.29 is 22.4 Å². The predicted octanol–water partition coefficient (Wildman–Crippen LogP) is 5.49. The van der Waals surface area contributed by atoms with E-state index in [1.165, 1.54) is 17.0 Å². The van der Waals surface area contributed by atoms with Crippen LogP contribution in [0.1, 0.15) is 30.5 Å². The van der Waals surface area contributed by atoms with Gasteiger partial charge in [0, 0.05) is 19.0 Å². The molecule has 4 aromatic carbocycles. The minimum absolute atomic E-state index is 0.0861. The number of halogens is 1. The zero-order valence-electron chi connectivity index (χ0n) is 24.5. The van der Waals surface area contributed by atoms with Gasteiger partial charge in [-0.05, 0) is 68.3 Å². The zero-order chi connectivity index (χ0) is 31.0. The Balaban J connectivity index is 1.79. The minimum atomic E-state index is -4.28. The summed E-state index contributed by atoms with van der Waals surface area (Å²) in [7, 11) is -4.28. The first kappa shape index (κ1) is 31.4. The van der Waals surface area contributed by atoms with Crippen LogP contribution in [0.25, 0.3) is 0 Å². The third kappa shape index (κ3) is 8.29. The van der Waals surface area contributed by atoms with Gasteiger partial charge in [-0.15, -0.1) is 0 Å². The number of benzene rings is 4. The number of anilines is 1. The van der Waals surface area contributed by atoms with E-state index in [1.807, 2.05) is 75.4 Å². The Bertz CT molecular complexity index is 1630. The summed E-state index contributed by atoms with van der Waals surface area (Å²) in [6.07, 6.45) is 0.229. The van der Waals surface area contributed by atoms with Crippen molar-refractivity contribution in [2.75, 3.05) is 10.8 Å². The lowest BCUT2D eigenvalue weighted by molar-refractivity contribution is -0.140. The number of nitrogens with zero attached hydrogens (tertiary/aromatic N) is 2. The lowest BCUT2D eigenvalue weighted by atomic mass is 10.0. The molecule has 7 nitrogen and oxygen atoms in total. The van der Waals surface area contributed by atoms with Crippen molar-refractivity contribution in [2.24, 2.45) is 0 Å². The molecule has 2 amide bonds. The fourth-order valence-corrected chi connectivity index (χ4v) is 6.21. The molecule has 0 fully saturated rings. The topological polar surface area (TPSA) is 86.8 Å². The van der Waals surface area contributed by atoms with Crippen LogP contribution in [0.4, 0.5) is 10.1 Å². The van der Waals surface area contributed by atoms with Crippen LogP contribution in [0.3, 0.4) is 0 Å². The Morgan fingerprint density at radius 1 is 0.814 bits per heavy atom. The maximum atomic E-state index is 14.4. The van der Waals surface area contributed by atoms with E-state index < -0.39 is 34.3 Å². The second-order valence-corrected chi connectivity index (χ2v) is 12.5. The van der Waals surface area contributed by atoms with E-state index in [-0.39, 0.29) is 35.5 Å². The minimum Gasteiger partial charge on any atom is -0.352 e. The fourth-order valence-electron chi connectivity index (χ4n) is 4.80. The number of nitrogens with one attached hydrogen (secondary N) is 1. The number of carbonyl (C=O) groups excluding carboxylic acids is 2. The Morgan fingerprint density at radius 3 is 2.02 bits per heavy atom. The van der Waals surface area contributed by atoms with Crippen LogP contribution in [-0.2, 0) is 32.6 Å². The summed E-state index contributed by atoms with van der Waals surface area (Å²) in [5.74, 6) is -1.48. The first-order chi connectivity index (χ1) is 20.5. The van der Waals surface area contributed by atoms with Crippen LogP contribution < -0.4 is 9.62 Å². The first-order valence-electron chi connectivity index (χ1n) is 14.1. The number of carbonyl (C=O) groups is 2. The molecule has 0 spiro atoms. The van der Waals surface area contributed by atoms with Crippen LogP contribution in [0.2, 0.25) is 0 Å². The van der Waals surface area contributed by atoms with E-state index in [9.17, 15) is 22.4 Å². The smallest absolute Gasteiger partial charge is 0.264 e. The summed E-state index contributed by atoms with van der Waals surface area (Å²) in [6.45, 7) is 5.14. The predicted molar refractivity (Wildman–Crippen MR) is 166 cm³/mol. The highest BCUT2D eigenvalue weighted by Crippen LogP contribution is 2.25. The molecule has 4 rings (SSSR count). The van der Waals surface area contributed by atoms with Crippen LogP contribution in [-0.4, -0.2) is 43.8 Å². The van der Waals surface area contributed by atoms with Crippen molar-refractivity contribution in [2.45, 2.75) is 50.7 Å². The van der Waals surface area contributed by atoms with E-state index in [0.717, 1.165) is 33.1 Å². The van der Waals surface area contributed by atoms with Gasteiger partial charge in [-0.3, -0.25) is 13.9 Å². The van der Waals surface area contributed by atoms with E-state index in [4.69, 9.17) is 0 Å². The van der Waals surface area contributed by atoms with Gasteiger partial charge in [0.1, 0.15) is 18.4 Å². The van der Waals surface area contributed by atoms with E-state index in [1.54, 1.807) is 30.3 Å². The highest BCUT2D eigenvalue weighted by molar-refractivity contribution is 7.92. The lowest BCUT2D eigenvalue weighted by Crippen LogP contribution is -2.54. The van der Waals surface area contributed by atoms with Crippen molar-refractivity contribution in [1.29, 1.82) is 0 Å². The van der Waals surface area contributed by atoms with Gasteiger partial charge in [0.25, 0.3) is 10.0 Å². The summed E-state index contributed by atoms with van der Waals surface area (Å²) < 4.78 is 42.5. The Hall–Kier alpha value is -4.50. The molecule has 0 aliphatic carbocycles. The van der Waals surface area contributed by atoms with Crippen LogP contribution in [0.15, 0.2) is 114 Å². The Kier molecular flexibility index (Phi) is 10.3. The molecule has 0 radical (unpaired) electrons. The van der Waals surface area contributed by atoms with Crippen LogP contribution >= 0.6 is 0 Å². The SMILES string of the molecule is Cc1cccc(CN(C(=O)CN(c2ccccc2)S(=O)(=O)c2ccc(F)cc2)[C@H](Cc2ccccc2)C(=O)NC(C)C)c1. The molecule has 224 valence electrons. The number of aryl methyl sites for hydroxylation is 1. The quantitative estimate of drug-likeness (QED) is 0.233. The molecule has 0 aliphatic heterocycles. The Morgan fingerprint density at radius 2 is 1.42 bits per heavy atom. The molecule has 0 saturated carbocycles. The van der Waals surface area contributed by atoms with Crippen LogP contribution in [0, 0.1) is 12.7 Å². The second kappa shape index (κ2) is 14.1. The fraction of sp³-hybridized carbons (Fsp3) is 0.235. The molecule has 4 aromatic rings. The van der Waals surface area contributed by atoms with Gasteiger partial charge in [0.05, 0.1) is 10.6 Å². The van der Waals surface area contributed by atoms with Gasteiger partial charge in [-0.25, -0.2) is 12.8 Å². The maximum Gasteiger partial charge on any atom is 0.264 e. The lowest BCUT2D eigenvalue weighted by Gasteiger charge is -2.34. The summed E-state index contributed by atoms with van der Waals surface area (Å²) in [6, 6.07) is 28.6. The van der Waals surface area contributed by atoms with Crippen molar-refractivity contribution >= 4 is 27.5 Å². The molecule has 0 aliphatic rings. The van der Waals surface area contributed by atoms with Crippen molar-refractivity contribution in [3.63, 3.8) is 0 Å². The largest absolute Gasteiger partial charge is 0.352 e. The molecule has 0 unspecified atom stereocenters. The summed E-state index contributed by atoms with van der Waals surface area (Å²) >= 11 is 0. The van der Waals surface area contributed by atoms with Crippen molar-refractivity contribution in [1.82, 2.24) is 10.2 Å². The van der Waals surface area contributed by atoms with Gasteiger partial charge in [-0.2, -0.15) is 0 Å². The first-order valence-corrected chi connectivity index (χ1v) is 15.5. The number of rotatable bonds is 12. The molecule has 0 heterocycles. The van der Waals surface area contributed by atoms with E-state index >= 15 is 0 Å². The van der Waals surface area contributed by atoms with Gasteiger partial charge in [-0.1, -0.05) is 78.4 Å². The molecule has 0 saturated heterocycles.